The van der Waals surface area contributed by atoms with Crippen molar-refractivity contribution in [3.05, 3.63) is 24.2 Å². The minimum absolute atomic E-state index is 0.0983. The Bertz CT molecular complexity index is 343. The van der Waals surface area contributed by atoms with Crippen LogP contribution in [0.4, 0.5) is 0 Å². The number of hydrazine groups is 1. The average Bonchev–Trinajstić information content (AvgIpc) is 2.90. The van der Waals surface area contributed by atoms with E-state index in [0.717, 1.165) is 30.9 Å². The molecule has 18 heavy (non-hydrogen) atoms. The average molecular weight is 252 g/mol. The second-order valence-corrected chi connectivity index (χ2v) is 5.45. The van der Waals surface area contributed by atoms with Gasteiger partial charge >= 0.3 is 0 Å². The highest BCUT2D eigenvalue weighted by Crippen LogP contribution is 2.37. The van der Waals surface area contributed by atoms with Crippen molar-refractivity contribution in [3.8, 4) is 0 Å². The molecule has 1 unspecified atom stereocenters. The van der Waals surface area contributed by atoms with Crippen LogP contribution in [-0.2, 0) is 11.2 Å². The van der Waals surface area contributed by atoms with E-state index in [4.69, 9.17) is 15.0 Å². The first-order chi connectivity index (χ1) is 8.70. The molecule has 0 spiro atoms. The maximum Gasteiger partial charge on any atom is 0.105 e. The highest BCUT2D eigenvalue weighted by Gasteiger charge is 2.41. The lowest BCUT2D eigenvalue weighted by atomic mass is 9.74. The van der Waals surface area contributed by atoms with Gasteiger partial charge in [-0.3, -0.25) is 11.3 Å². The Morgan fingerprint density at radius 2 is 2.28 bits per heavy atom. The second-order valence-electron chi connectivity index (χ2n) is 5.45. The molecule has 1 fully saturated rings. The molecule has 0 radical (unpaired) electrons. The van der Waals surface area contributed by atoms with Crippen LogP contribution in [0.25, 0.3) is 0 Å². The summed E-state index contributed by atoms with van der Waals surface area (Å²) >= 11 is 0. The van der Waals surface area contributed by atoms with Crippen LogP contribution in [0.1, 0.15) is 38.4 Å². The van der Waals surface area contributed by atoms with Gasteiger partial charge in [0.25, 0.3) is 0 Å². The van der Waals surface area contributed by atoms with Gasteiger partial charge in [0.15, 0.2) is 0 Å². The quantitative estimate of drug-likeness (QED) is 0.623. The van der Waals surface area contributed by atoms with Crippen molar-refractivity contribution in [2.24, 2.45) is 11.8 Å². The highest BCUT2D eigenvalue weighted by molar-refractivity contribution is 5.05. The fraction of sp³-hybridized carbons (Fsp3) is 0.714. The summed E-state index contributed by atoms with van der Waals surface area (Å²) < 4.78 is 11.3. The molecule has 0 aromatic carbocycles. The molecule has 1 heterocycles. The minimum atomic E-state index is -0.159. The van der Waals surface area contributed by atoms with Gasteiger partial charge in [0, 0.05) is 13.5 Å². The molecular formula is C14H24N2O2. The Hall–Kier alpha value is -0.840. The number of hydrogen-bond donors (Lipinski definition) is 2. The molecule has 1 aliphatic rings. The second kappa shape index (κ2) is 5.87. The molecule has 0 aliphatic heterocycles. The van der Waals surface area contributed by atoms with Gasteiger partial charge < -0.3 is 9.15 Å². The van der Waals surface area contributed by atoms with Crippen LogP contribution >= 0.6 is 0 Å². The first-order valence-corrected chi connectivity index (χ1v) is 6.74. The van der Waals surface area contributed by atoms with Crippen molar-refractivity contribution < 1.29 is 9.15 Å². The topological polar surface area (TPSA) is 60.4 Å². The Morgan fingerprint density at radius 3 is 2.78 bits per heavy atom. The molecule has 0 bridgehead atoms. The van der Waals surface area contributed by atoms with Gasteiger partial charge in [0.1, 0.15) is 5.76 Å². The van der Waals surface area contributed by atoms with Crippen molar-refractivity contribution in [2.45, 2.75) is 50.7 Å². The summed E-state index contributed by atoms with van der Waals surface area (Å²) in [6.07, 6.45) is 6.98. The largest absolute Gasteiger partial charge is 0.469 e. The smallest absolute Gasteiger partial charge is 0.105 e. The molecule has 1 aromatic rings. The zero-order chi connectivity index (χ0) is 13.0. The zero-order valence-corrected chi connectivity index (χ0v) is 11.3. The maximum atomic E-state index is 5.84. The Labute approximate surface area is 109 Å². The van der Waals surface area contributed by atoms with Gasteiger partial charge in [-0.05, 0) is 43.7 Å². The summed E-state index contributed by atoms with van der Waals surface area (Å²) in [6, 6.07) is 3.99. The third-order valence-electron chi connectivity index (χ3n) is 4.35. The molecule has 102 valence electrons. The predicted octanol–water partition coefficient (Wildman–Crippen LogP) is 2.25. The van der Waals surface area contributed by atoms with E-state index in [1.165, 1.54) is 12.8 Å². The lowest BCUT2D eigenvalue weighted by Gasteiger charge is -2.43. The summed E-state index contributed by atoms with van der Waals surface area (Å²) in [4.78, 5) is 0. The number of methoxy groups -OCH3 is 1. The van der Waals surface area contributed by atoms with Gasteiger partial charge in [-0.1, -0.05) is 6.92 Å². The van der Waals surface area contributed by atoms with Crippen molar-refractivity contribution >= 4 is 0 Å². The van der Waals surface area contributed by atoms with Gasteiger partial charge in [0.05, 0.1) is 17.9 Å². The molecule has 0 amide bonds. The SMILES string of the molecule is COC1(C(Cc2ccco2)NN)CCC(C)CC1. The van der Waals surface area contributed by atoms with Crippen LogP contribution in [0, 0.1) is 5.92 Å². The van der Waals surface area contributed by atoms with E-state index in [2.05, 4.69) is 12.3 Å². The van der Waals surface area contributed by atoms with Crippen LogP contribution < -0.4 is 11.3 Å². The van der Waals surface area contributed by atoms with Gasteiger partial charge in [-0.15, -0.1) is 0 Å². The lowest BCUT2D eigenvalue weighted by molar-refractivity contribution is -0.0755. The summed E-state index contributed by atoms with van der Waals surface area (Å²) in [5.41, 5.74) is 2.77. The summed E-state index contributed by atoms with van der Waals surface area (Å²) in [5, 5.41) is 0. The first kappa shape index (κ1) is 13.6. The molecule has 3 N–H and O–H groups in total. The van der Waals surface area contributed by atoms with Crippen molar-refractivity contribution in [1.29, 1.82) is 0 Å². The minimum Gasteiger partial charge on any atom is -0.469 e. The maximum absolute atomic E-state index is 5.84. The highest BCUT2D eigenvalue weighted by atomic mass is 16.5. The van der Waals surface area contributed by atoms with Crippen LogP contribution in [0.15, 0.2) is 22.8 Å². The predicted molar refractivity (Wildman–Crippen MR) is 70.9 cm³/mol. The Balaban J connectivity index is 2.08. The lowest BCUT2D eigenvalue weighted by Crippen LogP contribution is -2.57. The van der Waals surface area contributed by atoms with E-state index in [1.54, 1.807) is 13.4 Å². The van der Waals surface area contributed by atoms with Gasteiger partial charge in [-0.2, -0.15) is 0 Å². The normalized spacial score (nSPS) is 30.3. The van der Waals surface area contributed by atoms with Crippen molar-refractivity contribution in [1.82, 2.24) is 5.43 Å². The van der Waals surface area contributed by atoms with Crippen LogP contribution in [0.5, 0.6) is 0 Å². The number of nitrogens with one attached hydrogen (secondary N) is 1. The van der Waals surface area contributed by atoms with Gasteiger partial charge in [-0.25, -0.2) is 0 Å². The molecule has 1 atom stereocenters. The summed E-state index contributed by atoms with van der Waals surface area (Å²) in [7, 11) is 1.79. The molecule has 1 saturated carbocycles. The first-order valence-electron chi connectivity index (χ1n) is 6.74. The third kappa shape index (κ3) is 2.76. The number of hydrogen-bond acceptors (Lipinski definition) is 4. The molecule has 1 aromatic heterocycles. The summed E-state index contributed by atoms with van der Waals surface area (Å²) in [6.45, 7) is 2.30. The molecule has 1 aliphatic carbocycles. The zero-order valence-electron chi connectivity index (χ0n) is 11.3. The Morgan fingerprint density at radius 1 is 1.56 bits per heavy atom. The Kier molecular flexibility index (Phi) is 4.43. The van der Waals surface area contributed by atoms with E-state index in [1.807, 2.05) is 12.1 Å². The van der Waals surface area contributed by atoms with E-state index in [9.17, 15) is 0 Å². The van der Waals surface area contributed by atoms with Crippen molar-refractivity contribution in [3.63, 3.8) is 0 Å². The fourth-order valence-corrected chi connectivity index (χ4v) is 2.97. The van der Waals surface area contributed by atoms with Crippen LogP contribution in [0.2, 0.25) is 0 Å². The number of rotatable bonds is 5. The molecule has 4 heteroatoms. The number of ether oxygens (including phenoxy) is 1. The van der Waals surface area contributed by atoms with Gasteiger partial charge in [0.2, 0.25) is 0 Å². The van der Waals surface area contributed by atoms with Crippen LogP contribution in [-0.4, -0.2) is 18.8 Å². The standard InChI is InChI=1S/C14H24N2O2/c1-11-5-7-14(17-2,8-6-11)13(16-15)10-12-4-3-9-18-12/h3-4,9,11,13,16H,5-8,10,15H2,1-2H3. The monoisotopic (exact) mass is 252 g/mol. The van der Waals surface area contributed by atoms with E-state index in [-0.39, 0.29) is 11.6 Å². The summed E-state index contributed by atoms with van der Waals surface area (Å²) in [5.74, 6) is 7.48. The fourth-order valence-electron chi connectivity index (χ4n) is 2.97. The van der Waals surface area contributed by atoms with E-state index in [0.29, 0.717) is 0 Å². The molecular weight excluding hydrogens is 228 g/mol. The van der Waals surface area contributed by atoms with Crippen LogP contribution in [0.3, 0.4) is 0 Å². The number of nitrogens with two attached hydrogens (primary N) is 1. The van der Waals surface area contributed by atoms with E-state index >= 15 is 0 Å². The molecule has 4 nitrogen and oxygen atoms in total. The molecule has 2 rings (SSSR count). The number of furan rings is 1. The third-order valence-corrected chi connectivity index (χ3v) is 4.35. The van der Waals surface area contributed by atoms with E-state index < -0.39 is 0 Å². The molecule has 0 saturated heterocycles. The van der Waals surface area contributed by atoms with Crippen molar-refractivity contribution in [2.75, 3.05) is 7.11 Å².